The summed E-state index contributed by atoms with van der Waals surface area (Å²) in [6.07, 6.45) is -0.579. The van der Waals surface area contributed by atoms with Crippen molar-refractivity contribution in [1.82, 2.24) is 0 Å². The van der Waals surface area contributed by atoms with E-state index in [0.717, 1.165) is 6.42 Å². The van der Waals surface area contributed by atoms with Gasteiger partial charge < -0.3 is 34.2 Å². The fourth-order valence-electron chi connectivity index (χ4n) is 3.11. The van der Waals surface area contributed by atoms with Crippen molar-refractivity contribution in [3.63, 3.8) is 0 Å². The zero-order valence-electron chi connectivity index (χ0n) is 24.0. The van der Waals surface area contributed by atoms with Gasteiger partial charge in [0.25, 0.3) is 0 Å². The van der Waals surface area contributed by atoms with Crippen molar-refractivity contribution in [3.8, 4) is 11.5 Å². The van der Waals surface area contributed by atoms with Gasteiger partial charge in [-0.05, 0) is 64.2 Å². The Labute approximate surface area is 230 Å². The summed E-state index contributed by atoms with van der Waals surface area (Å²) in [6.45, 7) is 12.4. The van der Waals surface area contributed by atoms with Crippen LogP contribution in [0.4, 0.5) is 9.59 Å². The molecule has 0 aliphatic rings. The second-order valence-corrected chi connectivity index (χ2v) is 9.54. The molecule has 0 amide bonds. The minimum Gasteiger partial charge on any atom is -0.461 e. The number of carbonyl (C=O) groups is 4. The number of benzene rings is 1. The first kappa shape index (κ1) is 33.7. The lowest BCUT2D eigenvalue weighted by Crippen LogP contribution is -2.36. The molecule has 0 saturated heterocycles. The molecule has 0 heterocycles. The summed E-state index contributed by atoms with van der Waals surface area (Å²) in [4.78, 5) is 48.9. The first-order valence-corrected chi connectivity index (χ1v) is 13.4. The third-order valence-electron chi connectivity index (χ3n) is 5.80. The van der Waals surface area contributed by atoms with Crippen molar-refractivity contribution >= 4 is 24.2 Å². The molecular formula is C28H43NO10. The second-order valence-electron chi connectivity index (χ2n) is 9.54. The van der Waals surface area contributed by atoms with Gasteiger partial charge in [-0.25, -0.2) is 9.59 Å². The quantitative estimate of drug-likeness (QED) is 0.176. The lowest BCUT2D eigenvalue weighted by molar-refractivity contribution is -0.161. The summed E-state index contributed by atoms with van der Waals surface area (Å²) in [6, 6.07) is 3.31. The van der Waals surface area contributed by atoms with Crippen molar-refractivity contribution in [3.05, 3.63) is 23.8 Å². The highest BCUT2D eigenvalue weighted by Crippen LogP contribution is 2.30. The van der Waals surface area contributed by atoms with Gasteiger partial charge >= 0.3 is 24.2 Å². The molecule has 0 aliphatic heterocycles. The number of esters is 2. The molecule has 220 valence electrons. The molecular weight excluding hydrogens is 510 g/mol. The molecule has 0 saturated carbocycles. The molecule has 39 heavy (non-hydrogen) atoms. The first-order valence-electron chi connectivity index (χ1n) is 13.4. The van der Waals surface area contributed by atoms with Gasteiger partial charge in [-0.3, -0.25) is 9.59 Å². The number of carbonyl (C=O) groups excluding carboxylic acids is 4. The Morgan fingerprint density at radius 2 is 1.33 bits per heavy atom. The van der Waals surface area contributed by atoms with Crippen LogP contribution in [-0.2, 0) is 35.0 Å². The minimum absolute atomic E-state index is 0.0227. The van der Waals surface area contributed by atoms with E-state index in [-0.39, 0.29) is 48.6 Å². The molecule has 3 unspecified atom stereocenters. The predicted molar refractivity (Wildman–Crippen MR) is 142 cm³/mol. The van der Waals surface area contributed by atoms with Gasteiger partial charge in [-0.2, -0.15) is 0 Å². The lowest BCUT2D eigenvalue weighted by atomic mass is 10.1. The molecule has 0 aliphatic carbocycles. The summed E-state index contributed by atoms with van der Waals surface area (Å²) >= 11 is 0. The Kier molecular flexibility index (Phi) is 14.9. The number of hydrogen-bond donors (Lipinski definition) is 1. The molecule has 2 N–H and O–H groups in total. The highest BCUT2D eigenvalue weighted by molar-refractivity contribution is 5.76. The van der Waals surface area contributed by atoms with E-state index >= 15 is 0 Å². The molecule has 1 rings (SSSR count). The highest BCUT2D eigenvalue weighted by atomic mass is 16.7. The number of hydrogen-bond acceptors (Lipinski definition) is 11. The molecule has 0 radical (unpaired) electrons. The molecule has 0 fully saturated rings. The standard InChI is InChI=1S/C28H43NO10/c1-8-11-17(4)25(30)35-20(7)16-34-26(31)22(29)14-21-12-13-23(38-27(32)36-18(5)9-2)24(15-21)39-28(33)37-19(6)10-3/h12-13,15,17-20,22H,8-11,14,16,29H2,1-7H3/t17?,18?,19?,20-,22-/m0/s1. The van der Waals surface area contributed by atoms with E-state index in [0.29, 0.717) is 24.8 Å². The van der Waals surface area contributed by atoms with Crippen molar-refractivity contribution in [2.45, 2.75) is 105 Å². The second kappa shape index (κ2) is 17.3. The molecule has 0 aromatic heterocycles. The lowest BCUT2D eigenvalue weighted by Gasteiger charge is -2.18. The third-order valence-corrected chi connectivity index (χ3v) is 5.80. The monoisotopic (exact) mass is 553 g/mol. The molecule has 1 aromatic carbocycles. The van der Waals surface area contributed by atoms with Crippen LogP contribution in [0.25, 0.3) is 0 Å². The zero-order valence-corrected chi connectivity index (χ0v) is 24.0. The fraction of sp³-hybridized carbons (Fsp3) is 0.643. The van der Waals surface area contributed by atoms with Crippen LogP contribution >= 0.6 is 0 Å². The van der Waals surface area contributed by atoms with Gasteiger partial charge in [0, 0.05) is 0 Å². The fourth-order valence-corrected chi connectivity index (χ4v) is 3.11. The average Bonchev–Trinajstić information content (AvgIpc) is 2.88. The van der Waals surface area contributed by atoms with Gasteiger partial charge in [0.1, 0.15) is 31.0 Å². The summed E-state index contributed by atoms with van der Waals surface area (Å²) < 4.78 is 31.3. The van der Waals surface area contributed by atoms with Crippen LogP contribution in [0.3, 0.4) is 0 Å². The zero-order chi connectivity index (χ0) is 29.5. The van der Waals surface area contributed by atoms with Gasteiger partial charge in [0.05, 0.1) is 5.92 Å². The normalized spacial score (nSPS) is 14.7. The van der Waals surface area contributed by atoms with Crippen LogP contribution in [0.15, 0.2) is 18.2 Å². The van der Waals surface area contributed by atoms with Crippen LogP contribution in [0.5, 0.6) is 11.5 Å². The van der Waals surface area contributed by atoms with Crippen molar-refractivity contribution in [1.29, 1.82) is 0 Å². The minimum atomic E-state index is -1.06. The smallest absolute Gasteiger partial charge is 0.461 e. The molecule has 1 aromatic rings. The predicted octanol–water partition coefficient (Wildman–Crippen LogP) is 5.10. The Hall–Kier alpha value is -3.34. The number of rotatable bonds is 15. The largest absolute Gasteiger partial charge is 0.514 e. The van der Waals surface area contributed by atoms with E-state index in [9.17, 15) is 19.2 Å². The topological polar surface area (TPSA) is 150 Å². The maximum atomic E-state index is 12.5. The van der Waals surface area contributed by atoms with E-state index in [1.54, 1.807) is 33.8 Å². The molecule has 0 bridgehead atoms. The van der Waals surface area contributed by atoms with E-state index in [2.05, 4.69) is 0 Å². The number of ether oxygens (including phenoxy) is 6. The van der Waals surface area contributed by atoms with E-state index in [1.807, 2.05) is 20.8 Å². The van der Waals surface area contributed by atoms with Crippen molar-refractivity contribution in [2.75, 3.05) is 6.61 Å². The van der Waals surface area contributed by atoms with Crippen LogP contribution in [0.1, 0.15) is 79.7 Å². The summed E-state index contributed by atoms with van der Waals surface area (Å²) in [5, 5.41) is 0. The van der Waals surface area contributed by atoms with Crippen molar-refractivity contribution < 1.29 is 47.6 Å². The van der Waals surface area contributed by atoms with Gasteiger partial charge in [-0.15, -0.1) is 0 Å². The Morgan fingerprint density at radius 1 is 0.769 bits per heavy atom. The van der Waals surface area contributed by atoms with E-state index < -0.39 is 30.4 Å². The molecule has 11 nitrogen and oxygen atoms in total. The maximum absolute atomic E-state index is 12.5. The Bertz CT molecular complexity index is 950. The van der Waals surface area contributed by atoms with Gasteiger partial charge in [0.2, 0.25) is 0 Å². The molecule has 5 atom stereocenters. The SMILES string of the molecule is CCCC(C)C(=O)O[C@@H](C)COC(=O)[C@@H](N)Cc1ccc(OC(=O)OC(C)CC)c(OC(=O)OC(C)CC)c1. The molecule has 11 heteroatoms. The summed E-state index contributed by atoms with van der Waals surface area (Å²) in [7, 11) is 0. The number of nitrogens with two attached hydrogens (primary N) is 1. The Balaban J connectivity index is 2.88. The van der Waals surface area contributed by atoms with E-state index in [4.69, 9.17) is 34.2 Å². The summed E-state index contributed by atoms with van der Waals surface area (Å²) in [5.41, 5.74) is 6.53. The van der Waals surface area contributed by atoms with E-state index in [1.165, 1.54) is 12.1 Å². The van der Waals surface area contributed by atoms with Crippen LogP contribution in [0, 0.1) is 5.92 Å². The van der Waals surface area contributed by atoms with Crippen molar-refractivity contribution in [2.24, 2.45) is 11.7 Å². The van der Waals surface area contributed by atoms with Crippen LogP contribution in [-0.4, -0.2) is 55.2 Å². The third kappa shape index (κ3) is 12.8. The van der Waals surface area contributed by atoms with Crippen LogP contribution < -0.4 is 15.2 Å². The maximum Gasteiger partial charge on any atom is 0.514 e. The Morgan fingerprint density at radius 3 is 1.87 bits per heavy atom. The summed E-state index contributed by atoms with van der Waals surface area (Å²) in [5.74, 6) is -1.46. The average molecular weight is 554 g/mol. The van der Waals surface area contributed by atoms with Gasteiger partial charge in [0.15, 0.2) is 11.5 Å². The highest BCUT2D eigenvalue weighted by Gasteiger charge is 2.23. The molecule has 0 spiro atoms. The van der Waals surface area contributed by atoms with Gasteiger partial charge in [-0.1, -0.05) is 40.2 Å². The van der Waals surface area contributed by atoms with Crippen LogP contribution in [0.2, 0.25) is 0 Å². The first-order chi connectivity index (χ1) is 18.4.